The van der Waals surface area contributed by atoms with Gasteiger partial charge in [0.1, 0.15) is 23.9 Å². The van der Waals surface area contributed by atoms with Crippen molar-refractivity contribution in [2.45, 2.75) is 118 Å². The van der Waals surface area contributed by atoms with Crippen molar-refractivity contribution in [3.63, 3.8) is 0 Å². The number of aromatic nitrogens is 1. The third kappa shape index (κ3) is 8.70. The van der Waals surface area contributed by atoms with Gasteiger partial charge in [0.25, 0.3) is 5.91 Å². The second-order valence-electron chi connectivity index (χ2n) is 24.7. The van der Waals surface area contributed by atoms with E-state index < -0.39 is 51.5 Å². The van der Waals surface area contributed by atoms with Crippen molar-refractivity contribution < 1.29 is 53.4 Å². The molecule has 419 valence electrons. The molecule has 1 aromatic heterocycles. The Morgan fingerprint density at radius 3 is 2.34 bits per heavy atom. The molecule has 5 unspecified atom stereocenters. The van der Waals surface area contributed by atoms with Gasteiger partial charge in [-0.1, -0.05) is 44.2 Å². The first-order valence-electron chi connectivity index (χ1n) is 28.4. The van der Waals surface area contributed by atoms with Gasteiger partial charge in [0.05, 0.1) is 58.8 Å². The number of ether oxygens (including phenoxy) is 5. The number of para-hydroxylation sites is 1. The summed E-state index contributed by atoms with van der Waals surface area (Å²) in [7, 11) is 6.61. The maximum Gasteiger partial charge on any atom is 0.322 e. The predicted octanol–water partition coefficient (Wildman–Crippen LogP) is 3.97. The molecule has 77 heavy (non-hydrogen) atoms. The Morgan fingerprint density at radius 2 is 1.61 bits per heavy atom. The Hall–Kier alpha value is -4.43. The second-order valence-corrected chi connectivity index (χ2v) is 24.7. The van der Waals surface area contributed by atoms with E-state index in [2.05, 4.69) is 50.0 Å². The first-order chi connectivity index (χ1) is 37.0. The number of amides is 1. The van der Waals surface area contributed by atoms with Crippen LogP contribution >= 0.6 is 0 Å². The highest BCUT2D eigenvalue weighted by atomic mass is 16.5. The Bertz CT molecular complexity index is 2740. The van der Waals surface area contributed by atoms with Crippen LogP contribution in [0.4, 0.5) is 5.69 Å². The summed E-state index contributed by atoms with van der Waals surface area (Å²) < 4.78 is 28.4. The summed E-state index contributed by atoms with van der Waals surface area (Å²) >= 11 is 0. The smallest absolute Gasteiger partial charge is 0.322 e. The number of piperidine rings is 1. The zero-order valence-corrected chi connectivity index (χ0v) is 46.2. The number of carbonyl (C=O) groups excluding carboxylic acids is 3. The number of rotatable bonds is 19. The quantitative estimate of drug-likeness (QED) is 0.0571. The first-order valence-corrected chi connectivity index (χ1v) is 28.4. The van der Waals surface area contributed by atoms with Crippen molar-refractivity contribution >= 4 is 34.3 Å². The number of hydrogen-bond donors (Lipinski definition) is 6. The third-order valence-electron chi connectivity index (χ3n) is 20.6. The number of aromatic amines is 1. The molecule has 9 aliphatic rings. The lowest BCUT2D eigenvalue weighted by atomic mass is 9.48. The summed E-state index contributed by atoms with van der Waals surface area (Å²) in [5.41, 5.74) is -1.89. The summed E-state index contributed by atoms with van der Waals surface area (Å²) in [6.07, 6.45) is 12.3. The SMILES string of the molecule is CC[C@]1(O)[CH]C2CN(CCc3c([nH]c4ccccc34)[C@@](C(=O)OC)(c3cc4c(cc3OC)N(C)C3C45CCN4CC=C[C@](C)(C45)[C@@H](O)[C@]3(O)C(=O)NCC34CCC(CNCC(=O)COCCOCCOC)(CC3)CC4)C2)C1. The van der Waals surface area contributed by atoms with E-state index in [0.717, 1.165) is 78.5 Å². The lowest BCUT2D eigenvalue weighted by Gasteiger charge is -2.62. The number of likely N-dealkylation sites (N-methyl/N-ethyl adjacent to an activating group) is 1. The fourth-order valence-corrected chi connectivity index (χ4v) is 16.8. The van der Waals surface area contributed by atoms with E-state index in [1.165, 1.54) is 7.11 Å². The molecule has 5 aliphatic heterocycles. The molecule has 6 fully saturated rings. The number of nitrogens with zero attached hydrogens (tertiary/aromatic N) is 3. The maximum absolute atomic E-state index is 15.5. The number of aliphatic hydroxyl groups excluding tert-OH is 1. The normalized spacial score (nSPS) is 36.8. The van der Waals surface area contributed by atoms with Crippen LogP contribution < -0.4 is 20.3 Å². The molecule has 4 aliphatic carbocycles. The number of fused-ring (bicyclic) bond motifs is 9. The molecule has 17 nitrogen and oxygen atoms in total. The van der Waals surface area contributed by atoms with Crippen molar-refractivity contribution in [3.8, 4) is 5.75 Å². The molecule has 17 heteroatoms. The van der Waals surface area contributed by atoms with Crippen molar-refractivity contribution in [1.29, 1.82) is 0 Å². The van der Waals surface area contributed by atoms with Crippen LogP contribution in [0, 0.1) is 28.6 Å². The predicted molar refractivity (Wildman–Crippen MR) is 291 cm³/mol. The molecule has 10 atom stereocenters. The molecule has 4 saturated carbocycles. The van der Waals surface area contributed by atoms with Gasteiger partial charge in [0.15, 0.2) is 11.4 Å². The summed E-state index contributed by atoms with van der Waals surface area (Å²) in [6.45, 7) is 10.3. The van der Waals surface area contributed by atoms with Crippen LogP contribution in [0.3, 0.4) is 0 Å². The van der Waals surface area contributed by atoms with E-state index in [4.69, 9.17) is 23.7 Å². The molecule has 1 spiro atoms. The summed E-state index contributed by atoms with van der Waals surface area (Å²) in [4.78, 5) is 54.3. The van der Waals surface area contributed by atoms with Crippen LogP contribution in [0.25, 0.3) is 10.9 Å². The number of benzene rings is 2. The minimum absolute atomic E-state index is 0.00136. The van der Waals surface area contributed by atoms with Gasteiger partial charge >= 0.3 is 5.97 Å². The molecule has 2 aromatic carbocycles. The monoisotopic (exact) mass is 1060 g/mol. The maximum atomic E-state index is 15.5. The van der Waals surface area contributed by atoms with Crippen LogP contribution in [-0.2, 0) is 50.6 Å². The second kappa shape index (κ2) is 20.6. The minimum Gasteiger partial charge on any atom is -0.496 e. The van der Waals surface area contributed by atoms with Gasteiger partial charge < -0.3 is 59.5 Å². The number of carbonyl (C=O) groups is 3. The Kier molecular flexibility index (Phi) is 14.6. The van der Waals surface area contributed by atoms with E-state index in [1.807, 2.05) is 56.1 Å². The van der Waals surface area contributed by atoms with Crippen LogP contribution in [0.1, 0.15) is 94.0 Å². The number of nitrogens with one attached hydrogen (secondary N) is 3. The highest BCUT2D eigenvalue weighted by molar-refractivity contribution is 5.95. The van der Waals surface area contributed by atoms with E-state index in [1.54, 1.807) is 14.2 Å². The minimum atomic E-state index is -2.28. The van der Waals surface area contributed by atoms with Crippen LogP contribution in [0.15, 0.2) is 48.6 Å². The molecule has 3 aromatic rings. The molecule has 1 amide bonds. The molecule has 6 N–H and O–H groups in total. The fourth-order valence-electron chi connectivity index (χ4n) is 16.8. The Labute approximate surface area is 453 Å². The number of Topliss-reactive ketones (excluding diaryl/α,β-unsaturated/α-hetero) is 1. The average molecular weight is 1060 g/mol. The number of ketones is 1. The Morgan fingerprint density at radius 1 is 0.883 bits per heavy atom. The van der Waals surface area contributed by atoms with Gasteiger partial charge in [-0.2, -0.15) is 0 Å². The highest BCUT2D eigenvalue weighted by Crippen LogP contribution is 2.67. The van der Waals surface area contributed by atoms with Crippen molar-refractivity contribution in [2.24, 2.45) is 22.2 Å². The average Bonchev–Trinajstić information content (AvgIpc) is 4.32. The van der Waals surface area contributed by atoms with Crippen molar-refractivity contribution in [2.75, 3.05) is 119 Å². The number of anilines is 1. The molecule has 6 heterocycles. The Balaban J connectivity index is 0.914. The van der Waals surface area contributed by atoms with Gasteiger partial charge in [-0.3, -0.25) is 24.2 Å². The molecule has 1 radical (unpaired) electrons. The van der Waals surface area contributed by atoms with Crippen LogP contribution in [0.2, 0.25) is 0 Å². The molecule has 12 rings (SSSR count). The number of aliphatic hydroxyl groups is 3. The lowest BCUT2D eigenvalue weighted by Crippen LogP contribution is -2.81. The molecule has 4 bridgehead atoms. The van der Waals surface area contributed by atoms with E-state index in [-0.39, 0.29) is 48.1 Å². The van der Waals surface area contributed by atoms with E-state index >= 15 is 9.59 Å². The van der Waals surface area contributed by atoms with Gasteiger partial charge in [0, 0.05) is 104 Å². The number of H-pyrrole nitrogens is 1. The van der Waals surface area contributed by atoms with Crippen molar-refractivity contribution in [3.05, 3.63) is 77.4 Å². The van der Waals surface area contributed by atoms with Gasteiger partial charge in [-0.15, -0.1) is 0 Å². The van der Waals surface area contributed by atoms with E-state index in [0.29, 0.717) is 96.3 Å². The van der Waals surface area contributed by atoms with Crippen LogP contribution in [-0.4, -0.2) is 191 Å². The number of esters is 1. The summed E-state index contributed by atoms with van der Waals surface area (Å²) in [5, 5.41) is 46.6. The largest absolute Gasteiger partial charge is 0.496 e. The first kappa shape index (κ1) is 54.5. The highest BCUT2D eigenvalue weighted by Gasteiger charge is 2.78. The zero-order chi connectivity index (χ0) is 54.2. The number of methoxy groups -OCH3 is 3. The van der Waals surface area contributed by atoms with Gasteiger partial charge in [-0.25, -0.2) is 0 Å². The lowest BCUT2D eigenvalue weighted by molar-refractivity contribution is -0.200. The topological polar surface area (TPSA) is 208 Å². The van der Waals surface area contributed by atoms with Gasteiger partial charge in [0.2, 0.25) is 0 Å². The van der Waals surface area contributed by atoms with E-state index in [9.17, 15) is 20.1 Å². The summed E-state index contributed by atoms with van der Waals surface area (Å²) in [6, 6.07) is 11.1. The summed E-state index contributed by atoms with van der Waals surface area (Å²) in [5.74, 6) is -0.791. The van der Waals surface area contributed by atoms with Crippen LogP contribution in [0.5, 0.6) is 5.75 Å². The fraction of sp³-hybridized carbons (Fsp3) is 0.667. The standard InChI is InChI=1S/C60H83N6O11/c1-7-57(71)31-39-32-59(53(70)75-6,48-42(13-23-65(34-39)38-57)41-11-8-9-12-45(41)63-48)44-29-43-46(30-47(44)74-5)64(3)50-58(43)21-24-66-22-10-14-54(2,49(58)66)51(68)60(50,72)52(69)62-37-56-18-15-55(16-19-56,17-20-56)36-61-33-40(67)35-77-28-27-76-26-25-73-4/h8-12,14,29-31,39,49-51,61,63,68,71-72H,7,13,15-28,32-38H2,1-6H3,(H,62,69)/t39?,49?,50?,51-,54-,55?,56?,57+,58?,59+,60+/m1/s1. The van der Waals surface area contributed by atoms with Gasteiger partial charge in [-0.05, 0) is 117 Å². The zero-order valence-electron chi connectivity index (χ0n) is 46.2. The number of hydrogen-bond acceptors (Lipinski definition) is 15. The molecular formula is C60H83N6O11. The molecule has 2 saturated heterocycles. The molecular weight excluding hydrogens is 981 g/mol. The third-order valence-corrected chi connectivity index (χ3v) is 20.6. The van der Waals surface area contributed by atoms with Crippen molar-refractivity contribution in [1.82, 2.24) is 25.4 Å².